The number of nitrogens with one attached hydrogen (secondary N) is 1. The molecule has 3 aromatic rings. The van der Waals surface area contributed by atoms with Crippen LogP contribution < -0.4 is 10.1 Å². The van der Waals surface area contributed by atoms with Crippen molar-refractivity contribution in [1.29, 1.82) is 0 Å². The van der Waals surface area contributed by atoms with Gasteiger partial charge in [0, 0.05) is 29.1 Å². The summed E-state index contributed by atoms with van der Waals surface area (Å²) in [5.74, 6) is 0.251. The van der Waals surface area contributed by atoms with Gasteiger partial charge in [-0.05, 0) is 26.8 Å². The quantitative estimate of drug-likeness (QED) is 0.603. The van der Waals surface area contributed by atoms with Crippen LogP contribution in [0.4, 0.5) is 0 Å². The number of fused-ring (bicyclic) bond motifs is 1. The standard InChI is InChI=1S/C20H23N5O4/c1-12-16(13(2)25-20(24-12)22-11-23-25)9-18(26)29-14(3)19(27)21-10-15-7-5-6-8-17(15)28-4/h5-8,11,14H,9-10H2,1-4H3,(H,21,27)/t14-/m0/s1. The number of hydrogen-bond donors (Lipinski definition) is 1. The maximum absolute atomic E-state index is 12.4. The number of amides is 1. The molecule has 0 radical (unpaired) electrons. The maximum Gasteiger partial charge on any atom is 0.311 e. The second-order valence-corrected chi connectivity index (χ2v) is 6.57. The highest BCUT2D eigenvalue weighted by molar-refractivity contribution is 5.84. The molecule has 0 saturated heterocycles. The summed E-state index contributed by atoms with van der Waals surface area (Å²) in [6, 6.07) is 7.38. The van der Waals surface area contributed by atoms with Crippen molar-refractivity contribution in [3.63, 3.8) is 0 Å². The van der Waals surface area contributed by atoms with Crippen molar-refractivity contribution < 1.29 is 19.1 Å². The Morgan fingerprint density at radius 1 is 1.24 bits per heavy atom. The van der Waals surface area contributed by atoms with Crippen LogP contribution in [-0.2, 0) is 27.3 Å². The highest BCUT2D eigenvalue weighted by Gasteiger charge is 2.21. The number of carbonyl (C=O) groups is 2. The van der Waals surface area contributed by atoms with Gasteiger partial charge in [-0.3, -0.25) is 9.59 Å². The molecule has 1 N–H and O–H groups in total. The first-order chi connectivity index (χ1) is 13.9. The monoisotopic (exact) mass is 397 g/mol. The van der Waals surface area contributed by atoms with E-state index in [0.29, 0.717) is 22.8 Å². The lowest BCUT2D eigenvalue weighted by atomic mass is 10.1. The van der Waals surface area contributed by atoms with Crippen LogP contribution in [0, 0.1) is 13.8 Å². The summed E-state index contributed by atoms with van der Waals surface area (Å²) < 4.78 is 12.1. The van der Waals surface area contributed by atoms with E-state index in [1.807, 2.05) is 31.2 Å². The van der Waals surface area contributed by atoms with Crippen molar-refractivity contribution in [3.05, 3.63) is 53.1 Å². The molecule has 1 atom stereocenters. The molecule has 0 spiro atoms. The molecule has 29 heavy (non-hydrogen) atoms. The Labute approximate surface area is 168 Å². The molecule has 0 bridgehead atoms. The molecule has 0 aliphatic carbocycles. The highest BCUT2D eigenvalue weighted by atomic mass is 16.5. The molecule has 1 aromatic carbocycles. The summed E-state index contributed by atoms with van der Waals surface area (Å²) in [5.41, 5.74) is 2.97. The number of esters is 1. The van der Waals surface area contributed by atoms with Crippen LogP contribution in [-0.4, -0.2) is 44.7 Å². The van der Waals surface area contributed by atoms with E-state index in [0.717, 1.165) is 11.3 Å². The van der Waals surface area contributed by atoms with Crippen LogP contribution in [0.5, 0.6) is 5.75 Å². The maximum atomic E-state index is 12.4. The Kier molecular flexibility index (Phi) is 6.06. The lowest BCUT2D eigenvalue weighted by molar-refractivity contribution is -0.154. The van der Waals surface area contributed by atoms with Gasteiger partial charge in [-0.25, -0.2) is 9.50 Å². The number of rotatable bonds is 7. The highest BCUT2D eigenvalue weighted by Crippen LogP contribution is 2.17. The van der Waals surface area contributed by atoms with Crippen LogP contribution in [0.25, 0.3) is 5.78 Å². The zero-order chi connectivity index (χ0) is 21.0. The third-order valence-electron chi connectivity index (χ3n) is 4.63. The molecule has 3 rings (SSSR count). The average Bonchev–Trinajstić information content (AvgIpc) is 3.17. The fourth-order valence-corrected chi connectivity index (χ4v) is 3.02. The van der Waals surface area contributed by atoms with Crippen LogP contribution in [0.2, 0.25) is 0 Å². The molecule has 0 unspecified atom stereocenters. The van der Waals surface area contributed by atoms with Crippen LogP contribution in [0.15, 0.2) is 30.6 Å². The minimum atomic E-state index is -0.930. The summed E-state index contributed by atoms with van der Waals surface area (Å²) >= 11 is 0. The van der Waals surface area contributed by atoms with E-state index in [2.05, 4.69) is 20.4 Å². The van der Waals surface area contributed by atoms with Crippen LogP contribution >= 0.6 is 0 Å². The zero-order valence-electron chi connectivity index (χ0n) is 16.8. The molecule has 9 heteroatoms. The van der Waals surface area contributed by atoms with Crippen molar-refractivity contribution in [3.8, 4) is 5.75 Å². The molecule has 0 saturated carbocycles. The van der Waals surface area contributed by atoms with Gasteiger partial charge in [0.25, 0.3) is 11.7 Å². The Balaban J connectivity index is 1.59. The summed E-state index contributed by atoms with van der Waals surface area (Å²) in [7, 11) is 1.57. The second kappa shape index (κ2) is 8.68. The minimum absolute atomic E-state index is 0.00933. The molecule has 0 aliphatic rings. The molecular formula is C20H23N5O4. The molecule has 2 aromatic heterocycles. The first-order valence-electron chi connectivity index (χ1n) is 9.15. The molecule has 1 amide bonds. The molecular weight excluding hydrogens is 374 g/mol. The van der Waals surface area contributed by atoms with Crippen LogP contribution in [0.1, 0.15) is 29.4 Å². The number of nitrogens with zero attached hydrogens (tertiary/aromatic N) is 4. The third-order valence-corrected chi connectivity index (χ3v) is 4.63. The zero-order valence-corrected chi connectivity index (χ0v) is 16.8. The number of aryl methyl sites for hydroxylation is 2. The van der Waals surface area contributed by atoms with Gasteiger partial charge in [0.1, 0.15) is 12.1 Å². The number of benzene rings is 1. The molecule has 0 aliphatic heterocycles. The fourth-order valence-electron chi connectivity index (χ4n) is 3.02. The molecule has 2 heterocycles. The Bertz CT molecular complexity index is 1050. The predicted octanol–water partition coefficient (Wildman–Crippen LogP) is 1.54. The molecule has 9 nitrogen and oxygen atoms in total. The summed E-state index contributed by atoms with van der Waals surface area (Å²) in [5, 5.41) is 6.86. The summed E-state index contributed by atoms with van der Waals surface area (Å²) in [6.45, 7) is 5.44. The topological polar surface area (TPSA) is 108 Å². The number of ether oxygens (including phenoxy) is 2. The van der Waals surface area contributed by atoms with E-state index in [1.54, 1.807) is 18.5 Å². The second-order valence-electron chi connectivity index (χ2n) is 6.57. The normalized spacial score (nSPS) is 11.9. The van der Waals surface area contributed by atoms with Crippen molar-refractivity contribution >= 4 is 17.7 Å². The summed E-state index contributed by atoms with van der Waals surface area (Å²) in [4.78, 5) is 33.1. The lowest BCUT2D eigenvalue weighted by Crippen LogP contribution is -2.36. The molecule has 0 fully saturated rings. The van der Waals surface area contributed by atoms with E-state index in [9.17, 15) is 9.59 Å². The smallest absolute Gasteiger partial charge is 0.311 e. The van der Waals surface area contributed by atoms with E-state index >= 15 is 0 Å². The van der Waals surface area contributed by atoms with E-state index in [4.69, 9.17) is 9.47 Å². The van der Waals surface area contributed by atoms with Gasteiger partial charge < -0.3 is 14.8 Å². The number of carbonyl (C=O) groups excluding carboxylic acids is 2. The SMILES string of the molecule is COc1ccccc1CNC(=O)[C@H](C)OC(=O)Cc1c(C)nc2ncnn2c1C. The Morgan fingerprint density at radius 2 is 2.00 bits per heavy atom. The molecule has 152 valence electrons. The van der Waals surface area contributed by atoms with Crippen molar-refractivity contribution in [2.45, 2.75) is 39.8 Å². The first-order valence-corrected chi connectivity index (χ1v) is 9.15. The number of methoxy groups -OCH3 is 1. The average molecular weight is 397 g/mol. The van der Waals surface area contributed by atoms with E-state index in [-0.39, 0.29) is 18.9 Å². The Hall–Kier alpha value is -3.49. The van der Waals surface area contributed by atoms with Gasteiger partial charge >= 0.3 is 5.97 Å². The van der Waals surface area contributed by atoms with Crippen LogP contribution in [0.3, 0.4) is 0 Å². The predicted molar refractivity (Wildman–Crippen MR) is 104 cm³/mol. The first kappa shape index (κ1) is 20.2. The fraction of sp³-hybridized carbons (Fsp3) is 0.350. The van der Waals surface area contributed by atoms with Gasteiger partial charge in [-0.1, -0.05) is 18.2 Å². The Morgan fingerprint density at radius 3 is 2.76 bits per heavy atom. The van der Waals surface area contributed by atoms with Gasteiger partial charge in [-0.15, -0.1) is 0 Å². The minimum Gasteiger partial charge on any atom is -0.496 e. The van der Waals surface area contributed by atoms with Crippen molar-refractivity contribution in [2.24, 2.45) is 0 Å². The van der Waals surface area contributed by atoms with Gasteiger partial charge in [0.2, 0.25) is 0 Å². The van der Waals surface area contributed by atoms with Gasteiger partial charge in [0.05, 0.1) is 13.5 Å². The third kappa shape index (κ3) is 4.50. The lowest BCUT2D eigenvalue weighted by Gasteiger charge is -2.15. The van der Waals surface area contributed by atoms with Crippen molar-refractivity contribution in [2.75, 3.05) is 7.11 Å². The number of aromatic nitrogens is 4. The largest absolute Gasteiger partial charge is 0.496 e. The summed E-state index contributed by atoms with van der Waals surface area (Å²) in [6.07, 6.45) is 0.469. The van der Waals surface area contributed by atoms with E-state index in [1.165, 1.54) is 13.3 Å². The van der Waals surface area contributed by atoms with E-state index < -0.39 is 12.1 Å². The number of para-hydroxylation sites is 1. The van der Waals surface area contributed by atoms with Gasteiger partial charge in [0.15, 0.2) is 6.10 Å². The number of hydrogen-bond acceptors (Lipinski definition) is 7. The van der Waals surface area contributed by atoms with Crippen molar-refractivity contribution in [1.82, 2.24) is 24.9 Å². The van der Waals surface area contributed by atoms with Gasteiger partial charge in [-0.2, -0.15) is 10.1 Å².